The van der Waals surface area contributed by atoms with Crippen molar-refractivity contribution in [2.75, 3.05) is 45.1 Å². The lowest BCUT2D eigenvalue weighted by atomic mass is 10.2. The number of thioether (sulfide) groups is 1. The molecule has 1 saturated heterocycles. The van der Waals surface area contributed by atoms with Gasteiger partial charge < -0.3 is 9.64 Å². The van der Waals surface area contributed by atoms with E-state index in [9.17, 15) is 4.79 Å². The predicted molar refractivity (Wildman–Crippen MR) is 111 cm³/mol. The largest absolute Gasteiger partial charge is 0.379 e. The lowest BCUT2D eigenvalue weighted by Gasteiger charge is -2.28. The molecule has 6 nitrogen and oxygen atoms in total. The molecule has 28 heavy (non-hydrogen) atoms. The summed E-state index contributed by atoms with van der Waals surface area (Å²) < 4.78 is 5.41. The number of morpholine rings is 1. The van der Waals surface area contributed by atoms with Gasteiger partial charge in [-0.1, -0.05) is 6.92 Å². The standard InChI is InChI=1S/C21H28N4O2S/c1-2-28-20-16-19(6-9-23-20)21(26)25(17-18-4-7-22-8-5-18)11-3-10-24-12-14-27-15-13-24/h4-9,16H,2-3,10-15,17H2,1H3. The molecule has 0 radical (unpaired) electrons. The zero-order chi connectivity index (χ0) is 19.6. The summed E-state index contributed by atoms with van der Waals surface area (Å²) in [6, 6.07) is 7.64. The molecule has 0 bridgehead atoms. The molecule has 7 heteroatoms. The number of nitrogens with zero attached hydrogens (tertiary/aromatic N) is 4. The van der Waals surface area contributed by atoms with E-state index in [1.54, 1.807) is 30.4 Å². The van der Waals surface area contributed by atoms with E-state index in [2.05, 4.69) is 21.8 Å². The van der Waals surface area contributed by atoms with Crippen molar-refractivity contribution in [3.8, 4) is 0 Å². The molecule has 2 aromatic rings. The first kappa shape index (κ1) is 20.8. The van der Waals surface area contributed by atoms with E-state index < -0.39 is 0 Å². The first-order chi connectivity index (χ1) is 13.8. The summed E-state index contributed by atoms with van der Waals surface area (Å²) in [5, 5.41) is 0.894. The quantitative estimate of drug-likeness (QED) is 0.603. The smallest absolute Gasteiger partial charge is 0.254 e. The molecule has 0 aromatic carbocycles. The fourth-order valence-corrected chi connectivity index (χ4v) is 3.86. The molecule has 1 aliphatic rings. The third-order valence-electron chi connectivity index (χ3n) is 4.69. The number of hydrogen-bond acceptors (Lipinski definition) is 6. The minimum atomic E-state index is 0.0548. The van der Waals surface area contributed by atoms with Gasteiger partial charge in [-0.3, -0.25) is 14.7 Å². The lowest BCUT2D eigenvalue weighted by Crippen LogP contribution is -2.39. The first-order valence-electron chi connectivity index (χ1n) is 9.83. The number of rotatable bonds is 9. The summed E-state index contributed by atoms with van der Waals surface area (Å²) >= 11 is 1.65. The van der Waals surface area contributed by atoms with Crippen molar-refractivity contribution in [2.24, 2.45) is 0 Å². The number of amides is 1. The monoisotopic (exact) mass is 400 g/mol. The van der Waals surface area contributed by atoms with E-state index in [4.69, 9.17) is 4.74 Å². The van der Waals surface area contributed by atoms with Crippen molar-refractivity contribution in [3.05, 3.63) is 54.0 Å². The molecule has 0 saturated carbocycles. The van der Waals surface area contributed by atoms with Crippen molar-refractivity contribution >= 4 is 17.7 Å². The molecule has 0 unspecified atom stereocenters. The van der Waals surface area contributed by atoms with Crippen LogP contribution >= 0.6 is 11.8 Å². The maximum atomic E-state index is 13.2. The van der Waals surface area contributed by atoms with E-state index in [0.29, 0.717) is 12.1 Å². The van der Waals surface area contributed by atoms with Gasteiger partial charge in [0.1, 0.15) is 0 Å². The van der Waals surface area contributed by atoms with Crippen LogP contribution in [0.4, 0.5) is 0 Å². The SMILES string of the molecule is CCSc1cc(C(=O)N(CCCN2CCOCC2)Cc2ccncc2)ccn1. The van der Waals surface area contributed by atoms with Crippen molar-refractivity contribution in [1.82, 2.24) is 19.8 Å². The Balaban J connectivity index is 1.67. The maximum absolute atomic E-state index is 13.2. The van der Waals surface area contributed by atoms with Gasteiger partial charge in [0, 0.05) is 56.9 Å². The molecule has 0 N–H and O–H groups in total. The van der Waals surface area contributed by atoms with Crippen molar-refractivity contribution in [3.63, 3.8) is 0 Å². The Bertz CT molecular complexity index is 738. The number of ether oxygens (including phenoxy) is 1. The van der Waals surface area contributed by atoms with E-state index >= 15 is 0 Å². The molecular formula is C21H28N4O2S. The van der Waals surface area contributed by atoms with Gasteiger partial charge in [-0.15, -0.1) is 11.8 Å². The third-order valence-corrected chi connectivity index (χ3v) is 5.50. The van der Waals surface area contributed by atoms with Crippen LogP contribution in [-0.2, 0) is 11.3 Å². The van der Waals surface area contributed by atoms with Crippen LogP contribution in [0.25, 0.3) is 0 Å². The van der Waals surface area contributed by atoms with Crippen molar-refractivity contribution in [2.45, 2.75) is 24.9 Å². The number of carbonyl (C=O) groups is 1. The Morgan fingerprint density at radius 3 is 2.75 bits per heavy atom. The van der Waals surface area contributed by atoms with Crippen LogP contribution < -0.4 is 0 Å². The average Bonchev–Trinajstić information content (AvgIpc) is 2.74. The van der Waals surface area contributed by atoms with E-state index in [1.165, 1.54) is 0 Å². The fraction of sp³-hybridized carbons (Fsp3) is 0.476. The van der Waals surface area contributed by atoms with Gasteiger partial charge in [-0.05, 0) is 42.0 Å². The summed E-state index contributed by atoms with van der Waals surface area (Å²) in [7, 11) is 0. The third kappa shape index (κ3) is 6.29. The minimum Gasteiger partial charge on any atom is -0.379 e. The van der Waals surface area contributed by atoms with Crippen LogP contribution in [0.2, 0.25) is 0 Å². The Labute approximate surface area is 171 Å². The summed E-state index contributed by atoms with van der Waals surface area (Å²) in [6.45, 7) is 7.92. The summed E-state index contributed by atoms with van der Waals surface area (Å²) in [5.41, 5.74) is 1.79. The maximum Gasteiger partial charge on any atom is 0.254 e. The van der Waals surface area contributed by atoms with Crippen LogP contribution in [0.1, 0.15) is 29.3 Å². The van der Waals surface area contributed by atoms with Crippen LogP contribution in [0.3, 0.4) is 0 Å². The van der Waals surface area contributed by atoms with Crippen molar-refractivity contribution < 1.29 is 9.53 Å². The Kier molecular flexibility index (Phi) is 8.26. The molecule has 2 aromatic heterocycles. The highest BCUT2D eigenvalue weighted by Crippen LogP contribution is 2.18. The highest BCUT2D eigenvalue weighted by atomic mass is 32.2. The van der Waals surface area contributed by atoms with Crippen LogP contribution in [0, 0.1) is 0 Å². The zero-order valence-electron chi connectivity index (χ0n) is 16.4. The second-order valence-electron chi connectivity index (χ2n) is 6.71. The number of hydrogen-bond donors (Lipinski definition) is 0. The number of pyridine rings is 2. The lowest BCUT2D eigenvalue weighted by molar-refractivity contribution is 0.0355. The molecule has 1 aliphatic heterocycles. The van der Waals surface area contributed by atoms with Crippen LogP contribution in [0.15, 0.2) is 47.9 Å². The van der Waals surface area contributed by atoms with E-state index in [0.717, 1.165) is 62.2 Å². The fourth-order valence-electron chi connectivity index (χ4n) is 3.22. The zero-order valence-corrected chi connectivity index (χ0v) is 17.2. The molecule has 0 aliphatic carbocycles. The normalized spacial score (nSPS) is 14.8. The number of aromatic nitrogens is 2. The highest BCUT2D eigenvalue weighted by molar-refractivity contribution is 7.99. The molecule has 150 valence electrons. The van der Waals surface area contributed by atoms with Gasteiger partial charge in [0.05, 0.1) is 18.2 Å². The molecular weight excluding hydrogens is 372 g/mol. The molecule has 0 spiro atoms. The van der Waals surface area contributed by atoms with E-state index in [1.807, 2.05) is 29.2 Å². The second-order valence-corrected chi connectivity index (χ2v) is 7.99. The summed E-state index contributed by atoms with van der Waals surface area (Å²) in [4.78, 5) is 26.0. The number of carbonyl (C=O) groups excluding carboxylic acids is 1. The van der Waals surface area contributed by atoms with Crippen LogP contribution in [-0.4, -0.2) is 70.8 Å². The summed E-state index contributed by atoms with van der Waals surface area (Å²) in [5.74, 6) is 0.990. The van der Waals surface area contributed by atoms with Gasteiger partial charge >= 0.3 is 0 Å². The van der Waals surface area contributed by atoms with Crippen molar-refractivity contribution in [1.29, 1.82) is 0 Å². The molecule has 3 heterocycles. The van der Waals surface area contributed by atoms with Gasteiger partial charge in [0.25, 0.3) is 5.91 Å². The van der Waals surface area contributed by atoms with Gasteiger partial charge in [0.2, 0.25) is 0 Å². The van der Waals surface area contributed by atoms with Gasteiger partial charge in [0.15, 0.2) is 0 Å². The molecule has 1 amide bonds. The Hall–Kier alpha value is -1.96. The Morgan fingerprint density at radius 2 is 2.00 bits per heavy atom. The molecule has 1 fully saturated rings. The summed E-state index contributed by atoms with van der Waals surface area (Å²) in [6.07, 6.45) is 6.21. The van der Waals surface area contributed by atoms with Crippen LogP contribution in [0.5, 0.6) is 0 Å². The predicted octanol–water partition coefficient (Wildman–Crippen LogP) is 2.95. The first-order valence-corrected chi connectivity index (χ1v) is 10.8. The topological polar surface area (TPSA) is 58.6 Å². The van der Waals surface area contributed by atoms with Gasteiger partial charge in [-0.25, -0.2) is 4.98 Å². The average molecular weight is 401 g/mol. The van der Waals surface area contributed by atoms with E-state index in [-0.39, 0.29) is 5.91 Å². The highest BCUT2D eigenvalue weighted by Gasteiger charge is 2.18. The second kappa shape index (κ2) is 11.1. The van der Waals surface area contributed by atoms with Gasteiger partial charge in [-0.2, -0.15) is 0 Å². The Morgan fingerprint density at radius 1 is 1.21 bits per heavy atom. The minimum absolute atomic E-state index is 0.0548. The molecule has 0 atom stereocenters. The molecule has 3 rings (SSSR count).